The number of cyclic esters (lactones) is 1. The Morgan fingerprint density at radius 3 is 2.76 bits per heavy atom. The minimum Gasteiger partial charge on any atom is -0.459 e. The maximum atomic E-state index is 15.0. The number of benzene rings is 1. The first-order chi connectivity index (χ1) is 15.9. The van der Waals surface area contributed by atoms with E-state index in [2.05, 4.69) is 15.3 Å². The van der Waals surface area contributed by atoms with E-state index in [9.17, 15) is 14.0 Å². The van der Waals surface area contributed by atoms with Crippen molar-refractivity contribution < 1.29 is 23.1 Å². The average Bonchev–Trinajstić information content (AvgIpc) is 3.39. The predicted molar refractivity (Wildman–Crippen MR) is 121 cm³/mol. The third-order valence-corrected chi connectivity index (χ3v) is 5.67. The van der Waals surface area contributed by atoms with E-state index in [4.69, 9.17) is 15.0 Å². The molecule has 0 spiro atoms. The zero-order valence-electron chi connectivity index (χ0n) is 18.4. The Labute approximate surface area is 190 Å². The number of hydrazone groups is 1. The molecule has 2 aliphatic heterocycles. The number of amides is 2. The monoisotopic (exact) mass is 458 g/mol. The number of nitrogens with two attached hydrogens (primary N) is 1. The van der Waals surface area contributed by atoms with Crippen LogP contribution in [0.2, 0.25) is 0 Å². The normalized spacial score (nSPS) is 19.3. The zero-order chi connectivity index (χ0) is 23.4. The highest BCUT2D eigenvalue weighted by atomic mass is 19.1. The molecule has 2 fully saturated rings. The summed E-state index contributed by atoms with van der Waals surface area (Å²) in [6, 6.07) is 8.48. The van der Waals surface area contributed by atoms with Crippen LogP contribution in [0.3, 0.4) is 0 Å². The maximum Gasteiger partial charge on any atom is 0.414 e. The quantitative estimate of drug-likeness (QED) is 0.367. The minimum absolute atomic E-state index is 0.199. The number of halogens is 1. The summed E-state index contributed by atoms with van der Waals surface area (Å²) < 4.78 is 25.9. The summed E-state index contributed by atoms with van der Waals surface area (Å²) in [7, 11) is 0. The van der Waals surface area contributed by atoms with Gasteiger partial charge in [-0.25, -0.2) is 9.18 Å². The fraction of sp³-hybridized carbons (Fsp3) is 0.409. The van der Waals surface area contributed by atoms with Crippen molar-refractivity contribution in [1.29, 1.82) is 0 Å². The van der Waals surface area contributed by atoms with Gasteiger partial charge < -0.3 is 25.2 Å². The summed E-state index contributed by atoms with van der Waals surface area (Å²) in [6.45, 7) is 5.37. The highest BCUT2D eigenvalue weighted by molar-refractivity contribution is 5.90. The summed E-state index contributed by atoms with van der Waals surface area (Å²) >= 11 is 0. The van der Waals surface area contributed by atoms with Gasteiger partial charge in [-0.05, 0) is 30.3 Å². The fourth-order valence-corrected chi connectivity index (χ4v) is 4.01. The van der Waals surface area contributed by atoms with Crippen LogP contribution in [0.4, 0.5) is 20.6 Å². The Morgan fingerprint density at radius 1 is 1.27 bits per heavy atom. The number of ether oxygens (including phenoxy) is 1. The van der Waals surface area contributed by atoms with E-state index in [1.54, 1.807) is 12.1 Å². The van der Waals surface area contributed by atoms with Crippen molar-refractivity contribution >= 4 is 29.6 Å². The van der Waals surface area contributed by atoms with Gasteiger partial charge in [-0.1, -0.05) is 0 Å². The van der Waals surface area contributed by atoms with Crippen molar-refractivity contribution in [3.63, 3.8) is 0 Å². The number of carbonyl (C=O) groups excluding carboxylic acids is 2. The second-order valence-corrected chi connectivity index (χ2v) is 8.03. The van der Waals surface area contributed by atoms with Gasteiger partial charge >= 0.3 is 6.09 Å². The van der Waals surface area contributed by atoms with Crippen molar-refractivity contribution in [1.82, 2.24) is 10.2 Å². The van der Waals surface area contributed by atoms with Crippen molar-refractivity contribution in [2.24, 2.45) is 10.9 Å². The number of nitrogens with zero attached hydrogens (tertiary/aromatic N) is 4. The Balaban J connectivity index is 1.33. The molecule has 2 saturated heterocycles. The van der Waals surface area contributed by atoms with E-state index in [1.165, 1.54) is 24.1 Å². The summed E-state index contributed by atoms with van der Waals surface area (Å²) in [4.78, 5) is 28.9. The van der Waals surface area contributed by atoms with Crippen LogP contribution in [0.15, 0.2) is 39.9 Å². The molecule has 0 bridgehead atoms. The molecular formula is C22H27FN6O4. The number of furan rings is 1. The molecule has 2 aromatic rings. The molecule has 33 heavy (non-hydrogen) atoms. The molecule has 2 amide bonds. The van der Waals surface area contributed by atoms with E-state index in [1.807, 2.05) is 17.0 Å². The Hall–Kier alpha value is -3.60. The van der Waals surface area contributed by atoms with E-state index >= 15 is 0 Å². The lowest BCUT2D eigenvalue weighted by molar-refractivity contribution is -0.119. The first-order valence-electron chi connectivity index (χ1n) is 10.7. The molecule has 3 N–H and O–H groups in total. The molecular weight excluding hydrogens is 431 g/mol. The number of piperazine rings is 1. The van der Waals surface area contributed by atoms with Crippen molar-refractivity contribution in [3.05, 3.63) is 47.7 Å². The van der Waals surface area contributed by atoms with Gasteiger partial charge in [0.2, 0.25) is 5.91 Å². The van der Waals surface area contributed by atoms with Crippen LogP contribution in [0.25, 0.3) is 0 Å². The molecule has 1 aromatic heterocycles. The summed E-state index contributed by atoms with van der Waals surface area (Å²) in [5.41, 5.74) is 0.931. The van der Waals surface area contributed by atoms with E-state index in [0.717, 1.165) is 18.8 Å². The molecule has 3 heterocycles. The first-order valence-corrected chi connectivity index (χ1v) is 10.7. The van der Waals surface area contributed by atoms with Gasteiger partial charge in [0, 0.05) is 33.1 Å². The molecule has 0 radical (unpaired) electrons. The van der Waals surface area contributed by atoms with Crippen LogP contribution < -0.4 is 21.0 Å². The Bertz CT molecular complexity index is 1030. The Morgan fingerprint density at radius 2 is 2.06 bits per heavy atom. The topological polar surface area (TPSA) is 117 Å². The van der Waals surface area contributed by atoms with Gasteiger partial charge in [-0.2, -0.15) is 5.10 Å². The van der Waals surface area contributed by atoms with Gasteiger partial charge in [-0.15, -0.1) is 0 Å². The van der Waals surface area contributed by atoms with Crippen LogP contribution in [0, 0.1) is 5.82 Å². The number of hydrogen-bond donors (Lipinski definition) is 2. The largest absolute Gasteiger partial charge is 0.459 e. The second-order valence-electron chi connectivity index (χ2n) is 8.03. The number of anilines is 2. The van der Waals surface area contributed by atoms with Crippen molar-refractivity contribution in [3.8, 4) is 0 Å². The third kappa shape index (κ3) is 5.43. The molecule has 1 atom stereocenters. The molecule has 0 saturated carbocycles. The first kappa shape index (κ1) is 22.6. The lowest BCUT2D eigenvalue weighted by Gasteiger charge is -2.36. The smallest absolute Gasteiger partial charge is 0.414 e. The van der Waals surface area contributed by atoms with Crippen LogP contribution in [-0.4, -0.2) is 68.5 Å². The summed E-state index contributed by atoms with van der Waals surface area (Å²) in [5.74, 6) is 5.98. The van der Waals surface area contributed by atoms with Crippen molar-refractivity contribution in [2.45, 2.75) is 19.6 Å². The molecule has 176 valence electrons. The van der Waals surface area contributed by atoms with Gasteiger partial charge in [-0.3, -0.25) is 14.6 Å². The molecule has 10 nitrogen and oxygen atoms in total. The molecule has 11 heteroatoms. The van der Waals surface area contributed by atoms with Gasteiger partial charge in [0.05, 0.1) is 37.2 Å². The lowest BCUT2D eigenvalue weighted by Crippen LogP contribution is -2.46. The summed E-state index contributed by atoms with van der Waals surface area (Å²) in [5, 5.41) is 6.08. The van der Waals surface area contributed by atoms with Gasteiger partial charge in [0.1, 0.15) is 23.4 Å². The second kappa shape index (κ2) is 9.90. The maximum absolute atomic E-state index is 15.0. The molecule has 0 aliphatic carbocycles. The number of hydrogen-bond acceptors (Lipinski definition) is 8. The number of nitrogens with one attached hydrogen (secondary N) is 1. The van der Waals surface area contributed by atoms with E-state index in [-0.39, 0.29) is 19.0 Å². The Kier molecular flexibility index (Phi) is 6.78. The van der Waals surface area contributed by atoms with Crippen LogP contribution in [0.5, 0.6) is 0 Å². The molecule has 2 aliphatic rings. The van der Waals surface area contributed by atoms with E-state index < -0.39 is 18.0 Å². The molecule has 1 aromatic carbocycles. The van der Waals surface area contributed by atoms with Crippen molar-refractivity contribution in [2.75, 3.05) is 49.1 Å². The summed E-state index contributed by atoms with van der Waals surface area (Å²) in [6.07, 6.45) is 0.439. The highest BCUT2D eigenvalue weighted by Crippen LogP contribution is 2.28. The number of rotatable bonds is 7. The van der Waals surface area contributed by atoms with Crippen LogP contribution >= 0.6 is 0 Å². The molecule has 4 rings (SSSR count). The SMILES string of the molecule is CC(=O)NCC1CN(c2ccc(N3CCN(Cc4ccc(/C=N\N)o4)CC3)c(F)c2)C(=O)O1. The van der Waals surface area contributed by atoms with Crippen LogP contribution in [-0.2, 0) is 16.1 Å². The van der Waals surface area contributed by atoms with Gasteiger partial charge in [0.25, 0.3) is 0 Å². The zero-order valence-corrected chi connectivity index (χ0v) is 18.4. The number of carbonyl (C=O) groups is 2. The average molecular weight is 458 g/mol. The highest BCUT2D eigenvalue weighted by Gasteiger charge is 2.33. The minimum atomic E-state index is -0.551. The third-order valence-electron chi connectivity index (χ3n) is 5.67. The fourth-order valence-electron chi connectivity index (χ4n) is 4.01. The molecule has 1 unspecified atom stereocenters. The van der Waals surface area contributed by atoms with E-state index in [0.29, 0.717) is 36.8 Å². The van der Waals surface area contributed by atoms with Crippen LogP contribution in [0.1, 0.15) is 18.4 Å². The standard InChI is InChI=1S/C22H27FN6O4/c1-15(30)25-11-19-14-29(22(31)33-19)16-2-5-21(20(23)10-16)28-8-6-27(7-9-28)13-18-4-3-17(32-18)12-26-24/h2-5,10,12,19H,6-9,11,13-14,24H2,1H3,(H,25,30)/b26-12-. The lowest BCUT2D eigenvalue weighted by atomic mass is 10.2. The van der Waals surface area contributed by atoms with Gasteiger partial charge in [0.15, 0.2) is 0 Å². The predicted octanol–water partition coefficient (Wildman–Crippen LogP) is 1.49.